The third kappa shape index (κ3) is 5.36. The zero-order valence-corrected chi connectivity index (χ0v) is 19.6. The highest BCUT2D eigenvalue weighted by molar-refractivity contribution is 7.89. The van der Waals surface area contributed by atoms with Crippen molar-refractivity contribution in [2.24, 2.45) is 0 Å². The molecule has 4 rings (SSSR count). The molecule has 33 heavy (non-hydrogen) atoms. The fourth-order valence-corrected chi connectivity index (χ4v) is 5.59. The number of sulfonamides is 1. The first-order valence-electron chi connectivity index (χ1n) is 11.2. The smallest absolute Gasteiger partial charge is 0.265 e. The Morgan fingerprint density at radius 2 is 1.73 bits per heavy atom. The summed E-state index contributed by atoms with van der Waals surface area (Å²) in [6.45, 7) is 2.89. The van der Waals surface area contributed by atoms with Crippen molar-refractivity contribution >= 4 is 27.5 Å². The molecule has 176 valence electrons. The molecule has 2 aliphatic rings. The number of hydrogen-bond donors (Lipinski definition) is 1. The number of benzene rings is 2. The molecule has 0 aliphatic carbocycles. The van der Waals surface area contributed by atoms with Crippen molar-refractivity contribution in [3.05, 3.63) is 53.6 Å². The van der Waals surface area contributed by atoms with Gasteiger partial charge in [-0.3, -0.25) is 14.5 Å². The van der Waals surface area contributed by atoms with E-state index in [0.717, 1.165) is 36.8 Å². The molecule has 2 aliphatic heterocycles. The molecule has 0 unspecified atom stereocenters. The summed E-state index contributed by atoms with van der Waals surface area (Å²) in [7, 11) is -3.70. The molecule has 1 N–H and O–H groups in total. The van der Waals surface area contributed by atoms with Gasteiger partial charge in [-0.15, -0.1) is 0 Å². The third-order valence-corrected chi connectivity index (χ3v) is 7.88. The fraction of sp³-hybridized carbons (Fsp3) is 0.417. The monoisotopic (exact) mass is 471 g/mol. The first-order chi connectivity index (χ1) is 15.8. The maximum absolute atomic E-state index is 13.2. The molecule has 9 heteroatoms. The molecule has 2 amide bonds. The molecule has 0 atom stereocenters. The fourth-order valence-electron chi connectivity index (χ4n) is 4.05. The number of nitrogens with zero attached hydrogens (tertiary/aromatic N) is 2. The number of fused-ring (bicyclic) bond motifs is 1. The molecule has 2 aromatic carbocycles. The number of hydrogen-bond acceptors (Lipinski definition) is 5. The normalized spacial score (nSPS) is 17.1. The van der Waals surface area contributed by atoms with Gasteiger partial charge in [-0.05, 0) is 43.5 Å². The standard InChI is InChI=1S/C24H29N3O5S/c1-18-6-8-19(9-7-18)15-25-23(28)16-27-21-14-20(10-11-22(21)32-17-24(27)29)33(30,31)26-12-4-2-3-5-13-26/h6-11,14H,2-5,12-13,15-17H2,1H3,(H,25,28). The summed E-state index contributed by atoms with van der Waals surface area (Å²) in [5.74, 6) is -0.342. The van der Waals surface area contributed by atoms with E-state index in [1.165, 1.54) is 21.3 Å². The first kappa shape index (κ1) is 23.3. The van der Waals surface area contributed by atoms with Crippen molar-refractivity contribution in [1.29, 1.82) is 0 Å². The number of aryl methyl sites for hydroxylation is 1. The number of amides is 2. The highest BCUT2D eigenvalue weighted by Crippen LogP contribution is 2.35. The zero-order chi connectivity index (χ0) is 23.4. The van der Waals surface area contributed by atoms with Crippen LogP contribution in [-0.2, 0) is 26.2 Å². The molecule has 0 bridgehead atoms. The Kier molecular flexibility index (Phi) is 6.99. The summed E-state index contributed by atoms with van der Waals surface area (Å²) >= 11 is 0. The second-order valence-corrected chi connectivity index (χ2v) is 10.4. The molecule has 2 heterocycles. The maximum Gasteiger partial charge on any atom is 0.265 e. The molecule has 1 fully saturated rings. The Hall–Kier alpha value is -2.91. The van der Waals surface area contributed by atoms with Crippen LogP contribution in [0.4, 0.5) is 5.69 Å². The van der Waals surface area contributed by atoms with E-state index in [9.17, 15) is 18.0 Å². The highest BCUT2D eigenvalue weighted by atomic mass is 32.2. The lowest BCUT2D eigenvalue weighted by Gasteiger charge is -2.30. The Bertz CT molecular complexity index is 1120. The molecule has 1 saturated heterocycles. The van der Waals surface area contributed by atoms with E-state index >= 15 is 0 Å². The third-order valence-electron chi connectivity index (χ3n) is 5.99. The van der Waals surface area contributed by atoms with Crippen LogP contribution in [0.1, 0.15) is 36.8 Å². The van der Waals surface area contributed by atoms with E-state index in [0.29, 0.717) is 31.1 Å². The van der Waals surface area contributed by atoms with Crippen LogP contribution in [0, 0.1) is 6.92 Å². The predicted molar refractivity (Wildman–Crippen MR) is 125 cm³/mol. The summed E-state index contributed by atoms with van der Waals surface area (Å²) in [6.07, 6.45) is 3.70. The van der Waals surface area contributed by atoms with Crippen molar-refractivity contribution in [2.45, 2.75) is 44.0 Å². The van der Waals surface area contributed by atoms with E-state index in [4.69, 9.17) is 4.74 Å². The van der Waals surface area contributed by atoms with Crippen LogP contribution in [0.15, 0.2) is 47.4 Å². The van der Waals surface area contributed by atoms with Gasteiger partial charge in [-0.2, -0.15) is 4.31 Å². The Morgan fingerprint density at radius 1 is 1.03 bits per heavy atom. The minimum atomic E-state index is -3.70. The van der Waals surface area contributed by atoms with Crippen LogP contribution in [0.2, 0.25) is 0 Å². The quantitative estimate of drug-likeness (QED) is 0.699. The molecular weight excluding hydrogens is 442 g/mol. The summed E-state index contributed by atoms with van der Waals surface area (Å²) in [4.78, 5) is 26.6. The van der Waals surface area contributed by atoms with Crippen molar-refractivity contribution in [2.75, 3.05) is 31.1 Å². The number of ether oxygens (including phenoxy) is 1. The zero-order valence-electron chi connectivity index (χ0n) is 18.7. The van der Waals surface area contributed by atoms with Crippen LogP contribution in [0.5, 0.6) is 5.75 Å². The first-order valence-corrected chi connectivity index (χ1v) is 12.7. The van der Waals surface area contributed by atoms with E-state index in [1.807, 2.05) is 31.2 Å². The largest absolute Gasteiger partial charge is 0.482 e. The topological polar surface area (TPSA) is 96.0 Å². The van der Waals surface area contributed by atoms with Gasteiger partial charge in [-0.25, -0.2) is 8.42 Å². The van der Waals surface area contributed by atoms with Gasteiger partial charge >= 0.3 is 0 Å². The SMILES string of the molecule is Cc1ccc(CNC(=O)CN2C(=O)COc3ccc(S(=O)(=O)N4CCCCCC4)cc32)cc1. The summed E-state index contributed by atoms with van der Waals surface area (Å²) in [6, 6.07) is 12.3. The van der Waals surface area contributed by atoms with Crippen molar-refractivity contribution in [1.82, 2.24) is 9.62 Å². The van der Waals surface area contributed by atoms with Gasteiger partial charge < -0.3 is 10.1 Å². The van der Waals surface area contributed by atoms with Crippen LogP contribution < -0.4 is 15.0 Å². The molecule has 0 spiro atoms. The van der Waals surface area contributed by atoms with Gasteiger partial charge in [-0.1, -0.05) is 42.7 Å². The number of rotatable bonds is 6. The molecular formula is C24H29N3O5S. The Labute approximate surface area is 194 Å². The molecule has 8 nitrogen and oxygen atoms in total. The number of carbonyl (C=O) groups excluding carboxylic acids is 2. The van der Waals surface area contributed by atoms with Crippen molar-refractivity contribution in [3.63, 3.8) is 0 Å². The predicted octanol–water partition coefficient (Wildman–Crippen LogP) is 2.60. The average Bonchev–Trinajstić information content (AvgIpc) is 3.10. The van der Waals surface area contributed by atoms with E-state index in [2.05, 4.69) is 5.32 Å². The Balaban J connectivity index is 1.52. The van der Waals surface area contributed by atoms with Gasteiger partial charge in [0.1, 0.15) is 12.3 Å². The lowest BCUT2D eigenvalue weighted by atomic mass is 10.1. The lowest BCUT2D eigenvalue weighted by Crippen LogP contribution is -2.45. The van der Waals surface area contributed by atoms with Crippen LogP contribution >= 0.6 is 0 Å². The van der Waals surface area contributed by atoms with Gasteiger partial charge in [0, 0.05) is 19.6 Å². The molecule has 0 radical (unpaired) electrons. The average molecular weight is 472 g/mol. The lowest BCUT2D eigenvalue weighted by molar-refractivity contribution is -0.125. The van der Waals surface area contributed by atoms with Gasteiger partial charge in [0.25, 0.3) is 5.91 Å². The number of anilines is 1. The van der Waals surface area contributed by atoms with Gasteiger partial charge in [0.05, 0.1) is 10.6 Å². The van der Waals surface area contributed by atoms with Gasteiger partial charge in [0.2, 0.25) is 15.9 Å². The second kappa shape index (κ2) is 9.93. The molecule has 0 saturated carbocycles. The highest BCUT2D eigenvalue weighted by Gasteiger charge is 2.31. The van der Waals surface area contributed by atoms with Crippen LogP contribution in [-0.4, -0.2) is 50.8 Å². The number of nitrogens with one attached hydrogen (secondary N) is 1. The van der Waals surface area contributed by atoms with Crippen molar-refractivity contribution < 1.29 is 22.7 Å². The summed E-state index contributed by atoms with van der Waals surface area (Å²) < 4.78 is 33.4. The Morgan fingerprint density at radius 3 is 2.42 bits per heavy atom. The molecule has 0 aromatic heterocycles. The van der Waals surface area contributed by atoms with Crippen LogP contribution in [0.3, 0.4) is 0 Å². The van der Waals surface area contributed by atoms with E-state index < -0.39 is 15.9 Å². The summed E-state index contributed by atoms with van der Waals surface area (Å²) in [5.41, 5.74) is 2.38. The maximum atomic E-state index is 13.2. The summed E-state index contributed by atoms with van der Waals surface area (Å²) in [5, 5.41) is 2.82. The van der Waals surface area contributed by atoms with Gasteiger partial charge in [0.15, 0.2) is 6.61 Å². The van der Waals surface area contributed by atoms with E-state index in [1.54, 1.807) is 6.07 Å². The minimum absolute atomic E-state index is 0.103. The van der Waals surface area contributed by atoms with Crippen LogP contribution in [0.25, 0.3) is 0 Å². The number of carbonyl (C=O) groups is 2. The minimum Gasteiger partial charge on any atom is -0.482 e. The van der Waals surface area contributed by atoms with E-state index in [-0.39, 0.29) is 24.0 Å². The second-order valence-electron chi connectivity index (χ2n) is 8.48. The van der Waals surface area contributed by atoms with Crippen molar-refractivity contribution in [3.8, 4) is 5.75 Å². The molecule has 2 aromatic rings.